The number of likely N-dealkylation sites (tertiary alicyclic amines) is 1. The molecule has 0 N–H and O–H groups in total. The Hall–Kier alpha value is -1.84. The molecule has 1 saturated heterocycles. The van der Waals surface area contributed by atoms with Crippen molar-refractivity contribution in [3.63, 3.8) is 0 Å². The summed E-state index contributed by atoms with van der Waals surface area (Å²) in [5, 5.41) is 0. The lowest BCUT2D eigenvalue weighted by atomic mass is 10.0. The second kappa shape index (κ2) is 4.93. The van der Waals surface area contributed by atoms with E-state index in [1.165, 1.54) is 23.8 Å². The maximum Gasteiger partial charge on any atom is 0.328 e. The molecule has 2 aliphatic rings. The van der Waals surface area contributed by atoms with Crippen molar-refractivity contribution in [2.24, 2.45) is 0 Å². The highest BCUT2D eigenvalue weighted by Crippen LogP contribution is 2.40. The van der Waals surface area contributed by atoms with Crippen LogP contribution in [0.3, 0.4) is 0 Å². The van der Waals surface area contributed by atoms with E-state index in [-0.39, 0.29) is 17.9 Å². The average Bonchev–Trinajstić information content (AvgIpc) is 3.00. The van der Waals surface area contributed by atoms with E-state index >= 15 is 0 Å². The summed E-state index contributed by atoms with van der Waals surface area (Å²) in [6.07, 6.45) is 2.89. The molecule has 1 aromatic rings. The minimum Gasteiger partial charge on any atom is -0.467 e. The summed E-state index contributed by atoms with van der Waals surface area (Å²) in [5.41, 5.74) is 3.74. The van der Waals surface area contributed by atoms with Crippen LogP contribution in [0.2, 0.25) is 0 Å². The molecule has 20 heavy (non-hydrogen) atoms. The number of amides is 1. The van der Waals surface area contributed by atoms with Gasteiger partial charge in [0.1, 0.15) is 6.04 Å². The van der Waals surface area contributed by atoms with Gasteiger partial charge in [0, 0.05) is 6.42 Å². The molecule has 3 rings (SSSR count). The molecule has 1 amide bonds. The zero-order valence-electron chi connectivity index (χ0n) is 11.9. The first-order valence-electron chi connectivity index (χ1n) is 7.10. The molecule has 1 fully saturated rings. The summed E-state index contributed by atoms with van der Waals surface area (Å²) in [5.74, 6) is -0.227. The van der Waals surface area contributed by atoms with Crippen LogP contribution in [0, 0.1) is 6.92 Å². The van der Waals surface area contributed by atoms with E-state index in [0.717, 1.165) is 12.8 Å². The van der Waals surface area contributed by atoms with E-state index < -0.39 is 6.04 Å². The number of fused-ring (bicyclic) bond motifs is 1. The monoisotopic (exact) mass is 273 g/mol. The topological polar surface area (TPSA) is 46.6 Å². The van der Waals surface area contributed by atoms with Crippen LogP contribution in [0.1, 0.15) is 42.0 Å². The minimum absolute atomic E-state index is 0.0321. The normalized spacial score (nSPS) is 24.9. The van der Waals surface area contributed by atoms with E-state index in [4.69, 9.17) is 4.74 Å². The standard InChI is InChI=1S/C16H19NO3/c1-10-3-5-12-11(9-10)4-6-13(12)17-14(16(19)20-2)7-8-15(17)18/h3,5,9,13-14H,4,6-8H2,1-2H3. The summed E-state index contributed by atoms with van der Waals surface area (Å²) < 4.78 is 4.85. The summed E-state index contributed by atoms with van der Waals surface area (Å²) in [7, 11) is 1.38. The SMILES string of the molecule is COC(=O)C1CCC(=O)N1C1CCc2cc(C)ccc21. The Labute approximate surface area is 118 Å². The van der Waals surface area contributed by atoms with Gasteiger partial charge in [-0.15, -0.1) is 0 Å². The van der Waals surface area contributed by atoms with Crippen LogP contribution >= 0.6 is 0 Å². The highest BCUT2D eigenvalue weighted by atomic mass is 16.5. The summed E-state index contributed by atoms with van der Waals surface area (Å²) in [6, 6.07) is 5.98. The highest BCUT2D eigenvalue weighted by Gasteiger charge is 2.43. The highest BCUT2D eigenvalue weighted by molar-refractivity contribution is 5.88. The molecular weight excluding hydrogens is 254 g/mol. The van der Waals surface area contributed by atoms with Gasteiger partial charge in [0.2, 0.25) is 5.91 Å². The summed E-state index contributed by atoms with van der Waals surface area (Å²) >= 11 is 0. The molecule has 1 heterocycles. The van der Waals surface area contributed by atoms with Crippen LogP contribution in [0.15, 0.2) is 18.2 Å². The van der Waals surface area contributed by atoms with Gasteiger partial charge < -0.3 is 9.64 Å². The summed E-state index contributed by atoms with van der Waals surface area (Å²) in [6.45, 7) is 2.08. The van der Waals surface area contributed by atoms with Gasteiger partial charge in [0.05, 0.1) is 13.2 Å². The molecule has 0 saturated carbocycles. The van der Waals surface area contributed by atoms with Crippen molar-refractivity contribution in [2.75, 3.05) is 7.11 Å². The number of ether oxygens (including phenoxy) is 1. The zero-order valence-corrected chi connectivity index (χ0v) is 11.9. The number of hydrogen-bond donors (Lipinski definition) is 0. The van der Waals surface area contributed by atoms with Crippen LogP contribution in [0.4, 0.5) is 0 Å². The first kappa shape index (κ1) is 13.2. The molecule has 106 valence electrons. The van der Waals surface area contributed by atoms with Gasteiger partial charge in [-0.05, 0) is 37.3 Å². The van der Waals surface area contributed by atoms with Crippen LogP contribution in [0.25, 0.3) is 0 Å². The van der Waals surface area contributed by atoms with Gasteiger partial charge in [-0.25, -0.2) is 4.79 Å². The van der Waals surface area contributed by atoms with Crippen molar-refractivity contribution in [3.8, 4) is 0 Å². The zero-order chi connectivity index (χ0) is 14.3. The molecule has 0 aromatic heterocycles. The lowest BCUT2D eigenvalue weighted by Crippen LogP contribution is -2.41. The number of carbonyl (C=O) groups is 2. The number of rotatable bonds is 2. The number of aryl methyl sites for hydroxylation is 2. The fourth-order valence-corrected chi connectivity index (χ4v) is 3.47. The fourth-order valence-electron chi connectivity index (χ4n) is 3.47. The Morgan fingerprint density at radius 2 is 2.10 bits per heavy atom. The van der Waals surface area contributed by atoms with Crippen molar-refractivity contribution in [1.82, 2.24) is 4.90 Å². The predicted octanol–water partition coefficient (Wildman–Crippen LogP) is 2.15. The van der Waals surface area contributed by atoms with Gasteiger partial charge in [0.25, 0.3) is 0 Å². The Balaban J connectivity index is 1.93. The maximum absolute atomic E-state index is 12.2. The van der Waals surface area contributed by atoms with E-state index in [2.05, 4.69) is 25.1 Å². The third-order valence-electron chi connectivity index (χ3n) is 4.41. The lowest BCUT2D eigenvalue weighted by molar-refractivity contribution is -0.150. The van der Waals surface area contributed by atoms with Crippen LogP contribution in [-0.2, 0) is 20.7 Å². The lowest BCUT2D eigenvalue weighted by Gasteiger charge is -2.30. The third kappa shape index (κ3) is 1.99. The molecule has 0 bridgehead atoms. The molecule has 4 heteroatoms. The molecule has 0 radical (unpaired) electrons. The largest absolute Gasteiger partial charge is 0.467 e. The van der Waals surface area contributed by atoms with Crippen molar-refractivity contribution >= 4 is 11.9 Å². The molecule has 1 aromatic carbocycles. The van der Waals surface area contributed by atoms with Crippen molar-refractivity contribution in [1.29, 1.82) is 0 Å². The molecule has 4 nitrogen and oxygen atoms in total. The molecular formula is C16H19NO3. The molecule has 2 atom stereocenters. The fraction of sp³-hybridized carbons (Fsp3) is 0.500. The maximum atomic E-state index is 12.2. The molecule has 1 aliphatic heterocycles. The van der Waals surface area contributed by atoms with Crippen molar-refractivity contribution in [2.45, 2.75) is 44.7 Å². The Bertz CT molecular complexity index is 567. The van der Waals surface area contributed by atoms with Gasteiger partial charge in [-0.2, -0.15) is 0 Å². The van der Waals surface area contributed by atoms with Crippen LogP contribution in [-0.4, -0.2) is 29.9 Å². The van der Waals surface area contributed by atoms with E-state index in [9.17, 15) is 9.59 Å². The number of carbonyl (C=O) groups excluding carboxylic acids is 2. The average molecular weight is 273 g/mol. The second-order valence-corrected chi connectivity index (χ2v) is 5.64. The quantitative estimate of drug-likeness (QED) is 0.776. The smallest absolute Gasteiger partial charge is 0.328 e. The van der Waals surface area contributed by atoms with E-state index in [0.29, 0.717) is 12.8 Å². The number of esters is 1. The number of nitrogens with zero attached hydrogens (tertiary/aromatic N) is 1. The first-order valence-corrected chi connectivity index (χ1v) is 7.10. The first-order chi connectivity index (χ1) is 9.61. The number of methoxy groups -OCH3 is 1. The Kier molecular flexibility index (Phi) is 3.24. The van der Waals surface area contributed by atoms with Gasteiger partial charge >= 0.3 is 5.97 Å². The number of benzene rings is 1. The third-order valence-corrected chi connectivity index (χ3v) is 4.41. The van der Waals surface area contributed by atoms with Gasteiger partial charge in [-0.1, -0.05) is 23.8 Å². The summed E-state index contributed by atoms with van der Waals surface area (Å²) in [4.78, 5) is 25.8. The van der Waals surface area contributed by atoms with Crippen molar-refractivity contribution < 1.29 is 14.3 Å². The van der Waals surface area contributed by atoms with E-state index in [1.54, 1.807) is 4.90 Å². The molecule has 2 unspecified atom stereocenters. The molecule has 0 spiro atoms. The van der Waals surface area contributed by atoms with Crippen LogP contribution < -0.4 is 0 Å². The second-order valence-electron chi connectivity index (χ2n) is 5.64. The predicted molar refractivity (Wildman–Crippen MR) is 74.1 cm³/mol. The minimum atomic E-state index is -0.412. The van der Waals surface area contributed by atoms with Gasteiger partial charge in [-0.3, -0.25) is 4.79 Å². The Morgan fingerprint density at radius 1 is 1.30 bits per heavy atom. The van der Waals surface area contributed by atoms with Gasteiger partial charge in [0.15, 0.2) is 0 Å². The Morgan fingerprint density at radius 3 is 2.85 bits per heavy atom. The molecule has 1 aliphatic carbocycles. The van der Waals surface area contributed by atoms with E-state index in [1.807, 2.05) is 0 Å². The van der Waals surface area contributed by atoms with Crippen molar-refractivity contribution in [3.05, 3.63) is 34.9 Å². The number of hydrogen-bond acceptors (Lipinski definition) is 3. The van der Waals surface area contributed by atoms with Crippen LogP contribution in [0.5, 0.6) is 0 Å².